The number of nitrogens with two attached hydrogens (primary N) is 1. The summed E-state index contributed by atoms with van der Waals surface area (Å²) in [4.78, 5) is 2.48. The van der Waals surface area contributed by atoms with Crippen molar-refractivity contribution < 1.29 is 0 Å². The summed E-state index contributed by atoms with van der Waals surface area (Å²) < 4.78 is 0. The first-order valence-corrected chi connectivity index (χ1v) is 6.33. The molecule has 14 heavy (non-hydrogen) atoms. The van der Waals surface area contributed by atoms with Gasteiger partial charge in [-0.3, -0.25) is 0 Å². The molecule has 2 N–H and O–H groups in total. The van der Waals surface area contributed by atoms with Crippen LogP contribution < -0.4 is 5.73 Å². The van der Waals surface area contributed by atoms with Crippen molar-refractivity contribution in [1.82, 2.24) is 0 Å². The highest BCUT2D eigenvalue weighted by Crippen LogP contribution is 2.33. The lowest BCUT2D eigenvalue weighted by Gasteiger charge is -2.08. The average Bonchev–Trinajstić information content (AvgIpc) is 2.61. The van der Waals surface area contributed by atoms with Crippen molar-refractivity contribution in [3.63, 3.8) is 0 Å². The lowest BCUT2D eigenvalue weighted by atomic mass is 10.2. The molecular formula is C10H10N2S2. The van der Waals surface area contributed by atoms with Crippen molar-refractivity contribution >= 4 is 28.8 Å². The minimum atomic E-state index is 0.594. The van der Waals surface area contributed by atoms with E-state index in [0.717, 1.165) is 17.1 Å². The molecule has 0 atom stereocenters. The van der Waals surface area contributed by atoms with Crippen LogP contribution in [0.4, 0.5) is 0 Å². The highest BCUT2D eigenvalue weighted by Gasteiger charge is 2.14. The standard InChI is InChI=1S/C10H10N2S2/c11-3-1-8(12)10-5-7-6-13-4-2-9(7)14-10/h1,5H,2,4,6,12H2. The number of rotatable bonds is 1. The number of thiophene rings is 1. The van der Waals surface area contributed by atoms with Crippen LogP contribution in [0.3, 0.4) is 0 Å². The zero-order chi connectivity index (χ0) is 9.97. The fourth-order valence-corrected chi connectivity index (χ4v) is 3.73. The number of aryl methyl sites for hydroxylation is 1. The molecule has 0 bridgehead atoms. The van der Waals surface area contributed by atoms with E-state index in [2.05, 4.69) is 6.07 Å². The van der Waals surface area contributed by atoms with Crippen molar-refractivity contribution in [3.05, 3.63) is 27.5 Å². The van der Waals surface area contributed by atoms with E-state index in [4.69, 9.17) is 11.0 Å². The smallest absolute Gasteiger partial charge is 0.0934 e. The first-order chi connectivity index (χ1) is 6.81. The predicted molar refractivity (Wildman–Crippen MR) is 62.0 cm³/mol. The minimum absolute atomic E-state index is 0.594. The SMILES string of the molecule is N#CC=C(N)c1cc2c(s1)CCSC2. The second-order valence-electron chi connectivity index (χ2n) is 3.09. The molecule has 2 heterocycles. The van der Waals surface area contributed by atoms with Crippen molar-refractivity contribution in [3.8, 4) is 6.07 Å². The van der Waals surface area contributed by atoms with Crippen LogP contribution in [-0.2, 0) is 12.2 Å². The fourth-order valence-electron chi connectivity index (χ4n) is 1.43. The number of hydrogen-bond donors (Lipinski definition) is 1. The van der Waals surface area contributed by atoms with E-state index >= 15 is 0 Å². The highest BCUT2D eigenvalue weighted by molar-refractivity contribution is 7.98. The molecular weight excluding hydrogens is 212 g/mol. The van der Waals surface area contributed by atoms with Crippen LogP contribution >= 0.6 is 23.1 Å². The van der Waals surface area contributed by atoms with Crippen LogP contribution in [0.25, 0.3) is 5.70 Å². The summed E-state index contributed by atoms with van der Waals surface area (Å²) in [6, 6.07) is 4.08. The Balaban J connectivity index is 2.34. The molecule has 1 aromatic heterocycles. The molecule has 1 aromatic rings. The second-order valence-corrected chi connectivity index (χ2v) is 5.33. The summed E-state index contributed by atoms with van der Waals surface area (Å²) in [5.41, 5.74) is 7.75. The van der Waals surface area contributed by atoms with E-state index in [0.29, 0.717) is 5.70 Å². The summed E-state index contributed by atoms with van der Waals surface area (Å²) in [6.45, 7) is 0. The molecule has 1 aliphatic heterocycles. The summed E-state index contributed by atoms with van der Waals surface area (Å²) in [6.07, 6.45) is 2.55. The fraction of sp³-hybridized carbons (Fsp3) is 0.300. The minimum Gasteiger partial charge on any atom is -0.397 e. The van der Waals surface area contributed by atoms with Crippen LogP contribution in [0.2, 0.25) is 0 Å². The van der Waals surface area contributed by atoms with E-state index in [-0.39, 0.29) is 0 Å². The Kier molecular flexibility index (Phi) is 2.80. The van der Waals surface area contributed by atoms with Crippen molar-refractivity contribution in [2.75, 3.05) is 5.75 Å². The number of thioether (sulfide) groups is 1. The predicted octanol–water partition coefficient (Wildman–Crippen LogP) is 2.36. The van der Waals surface area contributed by atoms with E-state index < -0.39 is 0 Å². The van der Waals surface area contributed by atoms with Gasteiger partial charge in [0.05, 0.1) is 16.6 Å². The quantitative estimate of drug-likeness (QED) is 0.742. The number of allylic oxidation sites excluding steroid dienone is 1. The normalized spacial score (nSPS) is 16.1. The third-order valence-corrected chi connectivity index (χ3v) is 4.43. The Morgan fingerprint density at radius 3 is 3.21 bits per heavy atom. The van der Waals surface area contributed by atoms with Crippen LogP contribution in [-0.4, -0.2) is 5.75 Å². The molecule has 0 saturated carbocycles. The van der Waals surface area contributed by atoms with Gasteiger partial charge < -0.3 is 5.73 Å². The van der Waals surface area contributed by atoms with Gasteiger partial charge in [-0.1, -0.05) is 0 Å². The molecule has 0 unspecified atom stereocenters. The first kappa shape index (κ1) is 9.63. The van der Waals surface area contributed by atoms with E-state index in [1.807, 2.05) is 17.8 Å². The van der Waals surface area contributed by atoms with Crippen molar-refractivity contribution in [2.45, 2.75) is 12.2 Å². The molecule has 4 heteroatoms. The summed E-state index contributed by atoms with van der Waals surface area (Å²) in [7, 11) is 0. The van der Waals surface area contributed by atoms with Gasteiger partial charge in [0.2, 0.25) is 0 Å². The maximum atomic E-state index is 8.49. The third-order valence-electron chi connectivity index (χ3n) is 2.13. The monoisotopic (exact) mass is 222 g/mol. The van der Waals surface area contributed by atoms with Crippen molar-refractivity contribution in [1.29, 1.82) is 5.26 Å². The highest BCUT2D eigenvalue weighted by atomic mass is 32.2. The number of nitriles is 1. The van der Waals surface area contributed by atoms with Gasteiger partial charge in [-0.25, -0.2) is 0 Å². The Morgan fingerprint density at radius 2 is 2.50 bits per heavy atom. The van der Waals surface area contributed by atoms with Gasteiger partial charge in [0.15, 0.2) is 0 Å². The van der Waals surface area contributed by atoms with Gasteiger partial charge in [0.1, 0.15) is 0 Å². The molecule has 0 aliphatic carbocycles. The molecule has 0 radical (unpaired) electrons. The largest absolute Gasteiger partial charge is 0.397 e. The number of fused-ring (bicyclic) bond motifs is 1. The molecule has 2 nitrogen and oxygen atoms in total. The van der Waals surface area contributed by atoms with Crippen LogP contribution in [0.5, 0.6) is 0 Å². The summed E-state index contributed by atoms with van der Waals surface area (Å²) in [5.74, 6) is 2.29. The summed E-state index contributed by atoms with van der Waals surface area (Å²) >= 11 is 3.68. The molecule has 0 saturated heterocycles. The average molecular weight is 222 g/mol. The van der Waals surface area contributed by atoms with E-state index in [9.17, 15) is 0 Å². The molecule has 0 spiro atoms. The molecule has 0 fully saturated rings. The molecule has 2 rings (SSSR count). The van der Waals surface area contributed by atoms with E-state index in [1.165, 1.54) is 22.3 Å². The topological polar surface area (TPSA) is 49.8 Å². The van der Waals surface area contributed by atoms with Crippen LogP contribution in [0.15, 0.2) is 12.1 Å². The molecule has 0 aromatic carbocycles. The van der Waals surface area contributed by atoms with Crippen LogP contribution in [0, 0.1) is 11.3 Å². The molecule has 0 amide bonds. The van der Waals surface area contributed by atoms with Crippen LogP contribution in [0.1, 0.15) is 15.3 Å². The summed E-state index contributed by atoms with van der Waals surface area (Å²) in [5, 5.41) is 8.49. The Bertz CT molecular complexity index is 389. The number of hydrogen-bond acceptors (Lipinski definition) is 4. The second kappa shape index (κ2) is 4.07. The first-order valence-electron chi connectivity index (χ1n) is 4.36. The van der Waals surface area contributed by atoms with E-state index in [1.54, 1.807) is 11.3 Å². The van der Waals surface area contributed by atoms with Gasteiger partial charge >= 0.3 is 0 Å². The maximum Gasteiger partial charge on any atom is 0.0934 e. The lowest BCUT2D eigenvalue weighted by molar-refractivity contribution is 1.13. The van der Waals surface area contributed by atoms with Gasteiger partial charge in [-0.05, 0) is 23.8 Å². The van der Waals surface area contributed by atoms with Gasteiger partial charge in [-0.2, -0.15) is 17.0 Å². The Labute approximate surface area is 91.4 Å². The molecule has 72 valence electrons. The van der Waals surface area contributed by atoms with Crippen molar-refractivity contribution in [2.24, 2.45) is 5.73 Å². The number of nitrogens with zero attached hydrogens (tertiary/aromatic N) is 1. The molecule has 1 aliphatic rings. The Morgan fingerprint density at radius 1 is 1.64 bits per heavy atom. The lowest BCUT2D eigenvalue weighted by Crippen LogP contribution is -1.96. The van der Waals surface area contributed by atoms with Gasteiger partial charge in [-0.15, -0.1) is 11.3 Å². The zero-order valence-corrected chi connectivity index (χ0v) is 9.25. The van der Waals surface area contributed by atoms with Gasteiger partial charge in [0.25, 0.3) is 0 Å². The zero-order valence-electron chi connectivity index (χ0n) is 7.62. The third kappa shape index (κ3) is 1.79. The maximum absolute atomic E-state index is 8.49. The van der Waals surface area contributed by atoms with Gasteiger partial charge in [0, 0.05) is 16.7 Å². The Hall–Kier alpha value is -0.920.